The average molecular weight is 356 g/mol. The Morgan fingerprint density at radius 2 is 1.69 bits per heavy atom. The van der Waals surface area contributed by atoms with Crippen LogP contribution in [-0.2, 0) is 0 Å². The fourth-order valence-corrected chi connectivity index (χ4v) is 2.92. The zero-order chi connectivity index (χ0) is 19.1. The van der Waals surface area contributed by atoms with Gasteiger partial charge in [-0.05, 0) is 63.8 Å². The van der Waals surface area contributed by atoms with Crippen LogP contribution in [0.15, 0.2) is 24.3 Å². The van der Waals surface area contributed by atoms with E-state index in [4.69, 9.17) is 0 Å². The largest absolute Gasteiger partial charge is 0.372 e. The molecular weight excluding hydrogens is 322 g/mol. The normalized spacial score (nSPS) is 10.9. The predicted octanol–water partition coefficient (Wildman–Crippen LogP) is 5.14. The second-order valence-corrected chi connectivity index (χ2v) is 7.09. The van der Waals surface area contributed by atoms with Crippen molar-refractivity contribution in [1.82, 2.24) is 9.97 Å². The molecule has 0 aliphatic carbocycles. The van der Waals surface area contributed by atoms with Gasteiger partial charge in [-0.3, -0.25) is 0 Å². The first-order valence-corrected chi connectivity index (χ1v) is 9.65. The first kappa shape index (κ1) is 20.0. The molecule has 0 aliphatic rings. The van der Waals surface area contributed by atoms with Crippen molar-refractivity contribution in [1.29, 1.82) is 0 Å². The lowest BCUT2D eigenvalue weighted by atomic mass is 10.1. The Morgan fingerprint density at radius 1 is 1.00 bits per heavy atom. The second-order valence-electron chi connectivity index (χ2n) is 7.09. The number of anilines is 4. The van der Waals surface area contributed by atoms with Crippen molar-refractivity contribution in [2.45, 2.75) is 48.0 Å². The molecule has 1 heterocycles. The van der Waals surface area contributed by atoms with Crippen molar-refractivity contribution in [2.24, 2.45) is 5.92 Å². The molecule has 26 heavy (non-hydrogen) atoms. The molecule has 0 aliphatic heterocycles. The number of nitrogens with one attached hydrogen (secondary N) is 2. The lowest BCUT2D eigenvalue weighted by Gasteiger charge is -2.22. The molecule has 0 saturated heterocycles. The molecule has 0 amide bonds. The van der Waals surface area contributed by atoms with Crippen LogP contribution in [0.25, 0.3) is 0 Å². The smallest absolute Gasteiger partial charge is 0.136 e. The van der Waals surface area contributed by atoms with Crippen LogP contribution in [0.1, 0.15) is 45.5 Å². The van der Waals surface area contributed by atoms with Gasteiger partial charge >= 0.3 is 0 Å². The van der Waals surface area contributed by atoms with E-state index >= 15 is 0 Å². The summed E-state index contributed by atoms with van der Waals surface area (Å²) in [5.74, 6) is 3.13. The Kier molecular flexibility index (Phi) is 7.25. The first-order chi connectivity index (χ1) is 12.4. The molecule has 0 bridgehead atoms. The SMILES string of the molecule is CCN(CC)c1ccc(Nc2cc(NCCC(C)C)nc(C)n2)c(C)c1. The predicted molar refractivity (Wildman–Crippen MR) is 113 cm³/mol. The quantitative estimate of drug-likeness (QED) is 0.652. The second kappa shape index (κ2) is 9.41. The van der Waals surface area contributed by atoms with Gasteiger partial charge in [0.15, 0.2) is 0 Å². The molecular formula is C21H33N5. The number of nitrogens with zero attached hydrogens (tertiary/aromatic N) is 3. The summed E-state index contributed by atoms with van der Waals surface area (Å²) in [5.41, 5.74) is 3.54. The molecule has 5 nitrogen and oxygen atoms in total. The van der Waals surface area contributed by atoms with Gasteiger partial charge in [-0.1, -0.05) is 13.8 Å². The number of hydrogen-bond acceptors (Lipinski definition) is 5. The molecule has 0 fully saturated rings. The third-order valence-corrected chi connectivity index (χ3v) is 4.47. The maximum Gasteiger partial charge on any atom is 0.136 e. The highest BCUT2D eigenvalue weighted by Crippen LogP contribution is 2.25. The van der Waals surface area contributed by atoms with Gasteiger partial charge in [0, 0.05) is 37.1 Å². The average Bonchev–Trinajstić information content (AvgIpc) is 2.57. The van der Waals surface area contributed by atoms with Gasteiger partial charge in [-0.2, -0.15) is 0 Å². The lowest BCUT2D eigenvalue weighted by molar-refractivity contribution is 0.606. The Morgan fingerprint density at radius 3 is 2.31 bits per heavy atom. The van der Waals surface area contributed by atoms with E-state index in [9.17, 15) is 0 Å². The Bertz CT molecular complexity index is 708. The van der Waals surface area contributed by atoms with Crippen LogP contribution in [0, 0.1) is 19.8 Å². The summed E-state index contributed by atoms with van der Waals surface area (Å²) in [7, 11) is 0. The van der Waals surface area contributed by atoms with Crippen LogP contribution in [0.3, 0.4) is 0 Å². The van der Waals surface area contributed by atoms with E-state index in [1.807, 2.05) is 13.0 Å². The van der Waals surface area contributed by atoms with Crippen LogP contribution in [0.4, 0.5) is 23.0 Å². The maximum absolute atomic E-state index is 4.53. The van der Waals surface area contributed by atoms with Gasteiger partial charge in [-0.15, -0.1) is 0 Å². The van der Waals surface area contributed by atoms with Crippen molar-refractivity contribution >= 4 is 23.0 Å². The standard InChI is InChI=1S/C21H33N5/c1-7-26(8-2)18-9-10-19(16(5)13-18)25-21-14-20(23-17(6)24-21)22-12-11-15(3)4/h9-10,13-15H,7-8,11-12H2,1-6H3,(H2,22,23,24,25). The van der Waals surface area contributed by atoms with Crippen LogP contribution < -0.4 is 15.5 Å². The molecule has 2 rings (SSSR count). The minimum absolute atomic E-state index is 0.676. The summed E-state index contributed by atoms with van der Waals surface area (Å²) in [6.45, 7) is 15.8. The van der Waals surface area contributed by atoms with Crippen LogP contribution >= 0.6 is 0 Å². The highest BCUT2D eigenvalue weighted by Gasteiger charge is 2.07. The summed E-state index contributed by atoms with van der Waals surface area (Å²) in [5, 5.41) is 6.84. The fraction of sp³-hybridized carbons (Fsp3) is 0.524. The zero-order valence-corrected chi connectivity index (χ0v) is 17.1. The summed E-state index contributed by atoms with van der Waals surface area (Å²) in [4.78, 5) is 11.4. The third-order valence-electron chi connectivity index (χ3n) is 4.47. The summed E-state index contributed by atoms with van der Waals surface area (Å²) < 4.78 is 0. The van der Waals surface area contributed by atoms with Crippen LogP contribution in [-0.4, -0.2) is 29.6 Å². The summed E-state index contributed by atoms with van der Waals surface area (Å²) >= 11 is 0. The van der Waals surface area contributed by atoms with Gasteiger partial charge in [0.25, 0.3) is 0 Å². The lowest BCUT2D eigenvalue weighted by Crippen LogP contribution is -2.21. The molecule has 2 aromatic rings. The van der Waals surface area contributed by atoms with Crippen LogP contribution in [0.5, 0.6) is 0 Å². The minimum atomic E-state index is 0.676. The van der Waals surface area contributed by atoms with Gasteiger partial charge in [0.05, 0.1) is 0 Å². The van der Waals surface area contributed by atoms with E-state index in [1.54, 1.807) is 0 Å². The van der Waals surface area contributed by atoms with E-state index in [-0.39, 0.29) is 0 Å². The molecule has 2 N–H and O–H groups in total. The number of aromatic nitrogens is 2. The van der Waals surface area contributed by atoms with Gasteiger partial charge in [-0.25, -0.2) is 9.97 Å². The van der Waals surface area contributed by atoms with Gasteiger partial charge < -0.3 is 15.5 Å². The van der Waals surface area contributed by atoms with Crippen molar-refractivity contribution < 1.29 is 0 Å². The summed E-state index contributed by atoms with van der Waals surface area (Å²) in [6.07, 6.45) is 1.12. The molecule has 5 heteroatoms. The van der Waals surface area contributed by atoms with Crippen molar-refractivity contribution in [3.63, 3.8) is 0 Å². The molecule has 1 aromatic heterocycles. The number of hydrogen-bond donors (Lipinski definition) is 2. The Balaban J connectivity index is 2.13. The summed E-state index contributed by atoms with van der Waals surface area (Å²) in [6, 6.07) is 8.50. The Labute approximate surface area is 158 Å². The van der Waals surface area contributed by atoms with Crippen molar-refractivity contribution in [3.8, 4) is 0 Å². The zero-order valence-electron chi connectivity index (χ0n) is 17.1. The first-order valence-electron chi connectivity index (χ1n) is 9.65. The van der Waals surface area contributed by atoms with E-state index in [1.165, 1.54) is 11.3 Å². The van der Waals surface area contributed by atoms with E-state index < -0.39 is 0 Å². The highest BCUT2D eigenvalue weighted by molar-refractivity contribution is 5.66. The van der Waals surface area contributed by atoms with E-state index in [0.717, 1.165) is 49.2 Å². The monoisotopic (exact) mass is 355 g/mol. The van der Waals surface area contributed by atoms with Crippen molar-refractivity contribution in [3.05, 3.63) is 35.7 Å². The molecule has 0 spiro atoms. The molecule has 0 saturated carbocycles. The fourth-order valence-electron chi connectivity index (χ4n) is 2.92. The molecule has 0 unspecified atom stereocenters. The molecule has 0 atom stereocenters. The molecule has 0 radical (unpaired) electrons. The number of benzene rings is 1. The Hall–Kier alpha value is -2.30. The highest BCUT2D eigenvalue weighted by atomic mass is 15.1. The minimum Gasteiger partial charge on any atom is -0.372 e. The van der Waals surface area contributed by atoms with E-state index in [2.05, 4.69) is 78.3 Å². The number of aryl methyl sites for hydroxylation is 2. The maximum atomic E-state index is 4.53. The van der Waals surface area contributed by atoms with Crippen molar-refractivity contribution in [2.75, 3.05) is 35.2 Å². The third kappa shape index (κ3) is 5.61. The van der Waals surface area contributed by atoms with Gasteiger partial charge in [0.1, 0.15) is 17.5 Å². The van der Waals surface area contributed by atoms with Gasteiger partial charge in [0.2, 0.25) is 0 Å². The topological polar surface area (TPSA) is 53.1 Å². The molecule has 1 aromatic carbocycles. The molecule has 142 valence electrons. The number of rotatable bonds is 9. The van der Waals surface area contributed by atoms with E-state index in [0.29, 0.717) is 5.92 Å². The van der Waals surface area contributed by atoms with Crippen LogP contribution in [0.2, 0.25) is 0 Å².